The monoisotopic (exact) mass is 440 g/mol. The average molecular weight is 441 g/mol. The van der Waals surface area contributed by atoms with Gasteiger partial charge in [0.15, 0.2) is 5.69 Å². The van der Waals surface area contributed by atoms with Crippen LogP contribution in [-0.4, -0.2) is 35.5 Å². The van der Waals surface area contributed by atoms with Gasteiger partial charge in [-0.05, 0) is 37.1 Å². The molecule has 1 amide bonds. The third kappa shape index (κ3) is 5.27. The number of alkyl halides is 1. The molecule has 3 rings (SSSR count). The zero-order valence-electron chi connectivity index (χ0n) is 17.7. The summed E-state index contributed by atoms with van der Waals surface area (Å²) in [6.45, 7) is 3.97. The first-order chi connectivity index (χ1) is 14.9. The summed E-state index contributed by atoms with van der Waals surface area (Å²) in [7, 11) is 1.59. The molecule has 31 heavy (non-hydrogen) atoms. The van der Waals surface area contributed by atoms with E-state index < -0.39 is 17.3 Å². The maximum atomic E-state index is 12.9. The van der Waals surface area contributed by atoms with Gasteiger partial charge in [-0.2, -0.15) is 0 Å². The predicted molar refractivity (Wildman–Crippen MR) is 122 cm³/mol. The Morgan fingerprint density at radius 2 is 1.77 bits per heavy atom. The number of esters is 1. The minimum absolute atomic E-state index is 0.215. The van der Waals surface area contributed by atoms with E-state index in [9.17, 15) is 9.59 Å². The van der Waals surface area contributed by atoms with Gasteiger partial charge >= 0.3 is 5.97 Å². The number of amides is 1. The quantitative estimate of drug-likeness (QED) is 0.397. The van der Waals surface area contributed by atoms with Gasteiger partial charge in [-0.3, -0.25) is 4.79 Å². The van der Waals surface area contributed by atoms with E-state index in [1.54, 1.807) is 25.5 Å². The molecule has 3 aromatic rings. The topological polar surface area (TPSA) is 69.6 Å². The number of aromatic nitrogens is 1. The first kappa shape index (κ1) is 22.4. The molecule has 0 aliphatic heterocycles. The third-order valence-electron chi connectivity index (χ3n) is 4.75. The van der Waals surface area contributed by atoms with Crippen LogP contribution in [0.4, 0.5) is 5.69 Å². The highest BCUT2D eigenvalue weighted by Crippen LogP contribution is 2.35. The molecule has 0 fully saturated rings. The first-order valence-corrected chi connectivity index (χ1v) is 10.4. The van der Waals surface area contributed by atoms with Crippen molar-refractivity contribution in [2.45, 2.75) is 25.8 Å². The van der Waals surface area contributed by atoms with Crippen LogP contribution in [0.2, 0.25) is 0 Å². The minimum Gasteiger partial charge on any atom is -0.497 e. The highest BCUT2D eigenvalue weighted by molar-refractivity contribution is 6.32. The molecule has 162 valence electrons. The van der Waals surface area contributed by atoms with Crippen molar-refractivity contribution in [1.29, 1.82) is 0 Å². The van der Waals surface area contributed by atoms with Gasteiger partial charge in [-0.25, -0.2) is 4.79 Å². The number of nitrogens with zero attached hydrogens (tertiary/aromatic N) is 1. The lowest BCUT2D eigenvalue weighted by atomic mass is 10.1. The van der Waals surface area contributed by atoms with Crippen molar-refractivity contribution in [2.24, 2.45) is 0 Å². The van der Waals surface area contributed by atoms with Gasteiger partial charge < -0.3 is 19.4 Å². The Hall–Kier alpha value is -3.25. The number of benzene rings is 2. The van der Waals surface area contributed by atoms with Crippen molar-refractivity contribution < 1.29 is 19.1 Å². The number of hydrogen-bond acceptors (Lipinski definition) is 4. The number of ether oxygens (including phenoxy) is 2. The summed E-state index contributed by atoms with van der Waals surface area (Å²) in [4.78, 5) is 25.4. The molecule has 0 aliphatic carbocycles. The molecule has 2 aromatic carbocycles. The van der Waals surface area contributed by atoms with Gasteiger partial charge in [0, 0.05) is 18.3 Å². The van der Waals surface area contributed by atoms with Crippen LogP contribution in [0.1, 0.15) is 29.9 Å². The van der Waals surface area contributed by atoms with Crippen LogP contribution in [0.25, 0.3) is 11.1 Å². The lowest BCUT2D eigenvalue weighted by Gasteiger charge is -2.13. The lowest BCUT2D eigenvalue weighted by molar-refractivity contribution is -0.115. The second kappa shape index (κ2) is 10.2. The number of nitrogens with one attached hydrogen (secondary N) is 1. The number of hydrogen-bond donors (Lipinski definition) is 1. The number of anilines is 1. The summed E-state index contributed by atoms with van der Waals surface area (Å²) in [5, 5.41) is 2.06. The van der Waals surface area contributed by atoms with Gasteiger partial charge in [0.25, 0.3) is 0 Å². The lowest BCUT2D eigenvalue weighted by Crippen LogP contribution is -2.23. The van der Waals surface area contributed by atoms with E-state index in [0.29, 0.717) is 23.5 Å². The van der Waals surface area contributed by atoms with Crippen molar-refractivity contribution in [1.82, 2.24) is 4.57 Å². The molecular weight excluding hydrogens is 416 g/mol. The molecule has 1 N–H and O–H groups in total. The molecule has 0 spiro atoms. The standard InChI is InChI=1S/C24H25ClN2O4/c1-4-31-24(29)22-21(26-23(28)16(2)25)20(18-10-12-19(30-3)13-11-18)15-27(22)14-17-8-6-5-7-9-17/h5-13,15-16H,4,14H2,1-3H3,(H,26,28). The van der Waals surface area contributed by atoms with Crippen molar-refractivity contribution in [3.05, 3.63) is 72.1 Å². The highest BCUT2D eigenvalue weighted by Gasteiger charge is 2.26. The van der Waals surface area contributed by atoms with Crippen molar-refractivity contribution >= 4 is 29.2 Å². The van der Waals surface area contributed by atoms with E-state index in [-0.39, 0.29) is 12.3 Å². The Kier molecular flexibility index (Phi) is 7.36. The molecule has 1 heterocycles. The van der Waals surface area contributed by atoms with Gasteiger partial charge in [0.1, 0.15) is 11.1 Å². The Morgan fingerprint density at radius 3 is 2.35 bits per heavy atom. The SMILES string of the molecule is CCOC(=O)c1c(NC(=O)C(C)Cl)c(-c2ccc(OC)cc2)cn1Cc1ccccc1. The maximum absolute atomic E-state index is 12.9. The van der Waals surface area contributed by atoms with Crippen LogP contribution in [0.5, 0.6) is 5.75 Å². The average Bonchev–Trinajstić information content (AvgIpc) is 3.12. The van der Waals surface area contributed by atoms with Crippen LogP contribution >= 0.6 is 11.6 Å². The van der Waals surface area contributed by atoms with E-state index in [4.69, 9.17) is 21.1 Å². The Labute approximate surface area is 186 Å². The van der Waals surface area contributed by atoms with Crippen molar-refractivity contribution in [3.63, 3.8) is 0 Å². The fourth-order valence-electron chi connectivity index (χ4n) is 3.22. The van der Waals surface area contributed by atoms with Gasteiger partial charge in [-0.15, -0.1) is 11.6 Å². The second-order valence-corrected chi connectivity index (χ2v) is 7.59. The smallest absolute Gasteiger partial charge is 0.357 e. The zero-order valence-corrected chi connectivity index (χ0v) is 18.5. The van der Waals surface area contributed by atoms with Gasteiger partial charge in [0.05, 0.1) is 19.4 Å². The Bertz CT molecular complexity index is 1040. The van der Waals surface area contributed by atoms with Gasteiger partial charge in [-0.1, -0.05) is 42.5 Å². The van der Waals surface area contributed by atoms with Gasteiger partial charge in [0.2, 0.25) is 5.91 Å². The highest BCUT2D eigenvalue weighted by atomic mass is 35.5. The summed E-state index contributed by atoms with van der Waals surface area (Å²) in [6, 6.07) is 17.1. The minimum atomic E-state index is -0.767. The number of methoxy groups -OCH3 is 1. The summed E-state index contributed by atoms with van der Waals surface area (Å²) >= 11 is 5.99. The fraction of sp³-hybridized carbons (Fsp3) is 0.250. The van der Waals surface area contributed by atoms with Crippen molar-refractivity contribution in [2.75, 3.05) is 19.0 Å². The molecule has 0 radical (unpaired) electrons. The number of carbonyl (C=O) groups excluding carboxylic acids is 2. The maximum Gasteiger partial charge on any atom is 0.357 e. The summed E-state index contributed by atoms with van der Waals surface area (Å²) in [6.07, 6.45) is 1.84. The van der Waals surface area contributed by atoms with E-state index in [2.05, 4.69) is 5.32 Å². The van der Waals surface area contributed by atoms with E-state index in [1.165, 1.54) is 0 Å². The Morgan fingerprint density at radius 1 is 1.10 bits per heavy atom. The summed E-state index contributed by atoms with van der Waals surface area (Å²) < 4.78 is 12.3. The first-order valence-electron chi connectivity index (χ1n) is 9.98. The van der Waals surface area contributed by atoms with Crippen LogP contribution < -0.4 is 10.1 Å². The normalized spacial score (nSPS) is 11.6. The fourth-order valence-corrected chi connectivity index (χ4v) is 3.27. The predicted octanol–water partition coefficient (Wildman–Crippen LogP) is 4.95. The Balaban J connectivity index is 2.17. The summed E-state index contributed by atoms with van der Waals surface area (Å²) in [5.41, 5.74) is 3.15. The molecule has 6 nitrogen and oxygen atoms in total. The van der Waals surface area contributed by atoms with E-state index in [1.807, 2.05) is 60.8 Å². The molecule has 0 aliphatic rings. The summed E-state index contributed by atoms with van der Waals surface area (Å²) in [5.74, 6) is -0.215. The molecule has 1 unspecified atom stereocenters. The molecule has 0 bridgehead atoms. The molecule has 0 saturated carbocycles. The van der Waals surface area contributed by atoms with Crippen molar-refractivity contribution in [3.8, 4) is 16.9 Å². The second-order valence-electron chi connectivity index (χ2n) is 6.93. The van der Waals surface area contributed by atoms with Crippen LogP contribution in [-0.2, 0) is 16.1 Å². The molecule has 1 aromatic heterocycles. The molecule has 7 heteroatoms. The van der Waals surface area contributed by atoms with Crippen LogP contribution in [0.3, 0.4) is 0 Å². The molecule has 1 atom stereocenters. The molecular formula is C24H25ClN2O4. The number of rotatable bonds is 8. The van der Waals surface area contributed by atoms with Crippen LogP contribution in [0.15, 0.2) is 60.8 Å². The van der Waals surface area contributed by atoms with E-state index in [0.717, 1.165) is 11.1 Å². The number of halogens is 1. The van der Waals surface area contributed by atoms with Crippen LogP contribution in [0, 0.1) is 0 Å². The third-order valence-corrected chi connectivity index (χ3v) is 4.95. The number of carbonyl (C=O) groups is 2. The largest absolute Gasteiger partial charge is 0.497 e. The van der Waals surface area contributed by atoms with E-state index >= 15 is 0 Å². The molecule has 0 saturated heterocycles. The zero-order chi connectivity index (χ0) is 22.4.